The highest BCUT2D eigenvalue weighted by Crippen LogP contribution is 2.32. The number of nitrogens with one attached hydrogen (secondary N) is 1. The molecule has 0 amide bonds. The maximum Gasteiger partial charge on any atom is 0.136 e. The molecule has 3 aromatic rings. The molecule has 0 spiro atoms. The highest BCUT2D eigenvalue weighted by molar-refractivity contribution is 5.82. The fourth-order valence-corrected chi connectivity index (χ4v) is 3.69. The molecule has 158 valence electrons. The van der Waals surface area contributed by atoms with Crippen molar-refractivity contribution in [1.82, 2.24) is 9.97 Å². The molecule has 4 rings (SSSR count). The van der Waals surface area contributed by atoms with Gasteiger partial charge in [0.1, 0.15) is 17.5 Å². The average Bonchev–Trinajstić information content (AvgIpc) is 2.80. The average molecular weight is 415 g/mol. The number of aryl methyl sites for hydroxylation is 1. The number of aromatic nitrogens is 2. The van der Waals surface area contributed by atoms with Crippen molar-refractivity contribution in [2.45, 2.75) is 13.3 Å². The van der Waals surface area contributed by atoms with Crippen molar-refractivity contribution in [3.8, 4) is 17.2 Å². The second-order valence-corrected chi connectivity index (χ2v) is 7.49. The first-order valence-electron chi connectivity index (χ1n) is 10.4. The molecule has 31 heavy (non-hydrogen) atoms. The monoisotopic (exact) mass is 414 g/mol. The first-order valence-corrected chi connectivity index (χ1v) is 10.4. The van der Waals surface area contributed by atoms with E-state index in [1.807, 2.05) is 31.2 Å². The number of morpholine rings is 1. The van der Waals surface area contributed by atoms with Gasteiger partial charge < -0.3 is 20.7 Å². The van der Waals surface area contributed by atoms with Crippen LogP contribution in [-0.2, 0) is 11.2 Å². The van der Waals surface area contributed by atoms with Crippen LogP contribution >= 0.6 is 0 Å². The number of nitrogens with two attached hydrogens (primary N) is 1. The molecule has 7 heteroatoms. The van der Waals surface area contributed by atoms with E-state index < -0.39 is 0 Å². The van der Waals surface area contributed by atoms with E-state index in [4.69, 9.17) is 10.5 Å². The van der Waals surface area contributed by atoms with Crippen molar-refractivity contribution >= 4 is 17.3 Å². The summed E-state index contributed by atoms with van der Waals surface area (Å²) in [4.78, 5) is 11.4. The number of benzene rings is 2. The first-order chi connectivity index (χ1) is 15.2. The molecule has 0 bridgehead atoms. The van der Waals surface area contributed by atoms with Crippen LogP contribution in [-0.4, -0.2) is 42.8 Å². The number of hydrogen-bond acceptors (Lipinski definition) is 7. The summed E-state index contributed by atoms with van der Waals surface area (Å²) in [7, 11) is 0. The lowest BCUT2D eigenvalue weighted by molar-refractivity contribution is 0.122. The van der Waals surface area contributed by atoms with Gasteiger partial charge in [-0.15, -0.1) is 0 Å². The Morgan fingerprint density at radius 1 is 1.10 bits per heavy atom. The van der Waals surface area contributed by atoms with Gasteiger partial charge in [0, 0.05) is 30.4 Å². The van der Waals surface area contributed by atoms with E-state index in [1.54, 1.807) is 0 Å². The third-order valence-corrected chi connectivity index (χ3v) is 5.27. The van der Waals surface area contributed by atoms with Crippen LogP contribution in [0.4, 0.5) is 17.3 Å². The summed E-state index contributed by atoms with van der Waals surface area (Å²) < 4.78 is 5.45. The number of rotatable bonds is 6. The van der Waals surface area contributed by atoms with Crippen LogP contribution in [0.5, 0.6) is 0 Å². The lowest BCUT2D eigenvalue weighted by Crippen LogP contribution is -2.36. The zero-order valence-electron chi connectivity index (χ0n) is 17.6. The van der Waals surface area contributed by atoms with Gasteiger partial charge in [0.25, 0.3) is 0 Å². The molecule has 1 fully saturated rings. The number of ether oxygens (including phenoxy) is 1. The predicted molar refractivity (Wildman–Crippen MR) is 122 cm³/mol. The van der Waals surface area contributed by atoms with Crippen LogP contribution in [0, 0.1) is 18.3 Å². The Kier molecular flexibility index (Phi) is 6.41. The van der Waals surface area contributed by atoms with Gasteiger partial charge in [-0.3, -0.25) is 0 Å². The number of nitrogens with zero attached hydrogens (tertiary/aromatic N) is 4. The van der Waals surface area contributed by atoms with Crippen molar-refractivity contribution in [3.05, 3.63) is 65.5 Å². The van der Waals surface area contributed by atoms with E-state index >= 15 is 0 Å². The van der Waals surface area contributed by atoms with Crippen molar-refractivity contribution in [2.24, 2.45) is 5.73 Å². The minimum absolute atomic E-state index is 0.588. The normalized spacial score (nSPS) is 13.6. The topological polar surface area (TPSA) is 100 Å². The van der Waals surface area contributed by atoms with Crippen LogP contribution in [0.3, 0.4) is 0 Å². The molecule has 1 saturated heterocycles. The molecule has 1 aromatic heterocycles. The minimum atomic E-state index is 0.588. The van der Waals surface area contributed by atoms with Crippen molar-refractivity contribution < 1.29 is 4.74 Å². The van der Waals surface area contributed by atoms with Crippen LogP contribution in [0.25, 0.3) is 11.1 Å². The van der Waals surface area contributed by atoms with Gasteiger partial charge in [0.05, 0.1) is 24.8 Å². The Morgan fingerprint density at radius 3 is 2.58 bits per heavy atom. The first kappa shape index (κ1) is 20.8. The van der Waals surface area contributed by atoms with Gasteiger partial charge >= 0.3 is 0 Å². The van der Waals surface area contributed by atoms with E-state index in [1.165, 1.54) is 5.56 Å². The summed E-state index contributed by atoms with van der Waals surface area (Å²) in [5, 5.41) is 12.8. The molecular weight excluding hydrogens is 388 g/mol. The second-order valence-electron chi connectivity index (χ2n) is 7.49. The number of anilines is 3. The molecule has 0 radical (unpaired) electrons. The fraction of sp³-hybridized carbons (Fsp3) is 0.292. The molecule has 1 aliphatic heterocycles. The summed E-state index contributed by atoms with van der Waals surface area (Å²) in [5.74, 6) is 2.27. The van der Waals surface area contributed by atoms with Crippen LogP contribution in [0.2, 0.25) is 0 Å². The molecule has 0 unspecified atom stereocenters. The van der Waals surface area contributed by atoms with Gasteiger partial charge in [0.2, 0.25) is 0 Å². The fourth-order valence-electron chi connectivity index (χ4n) is 3.69. The van der Waals surface area contributed by atoms with E-state index in [0.717, 1.165) is 42.1 Å². The Bertz CT molecular complexity index is 1080. The standard InChI is InChI=1S/C24H26N6O/c1-17-27-23(15-24(28-17)30-10-12-31-13-11-30)29-22-14-19(16-26)4-7-21(22)20-5-2-18(3-6-20)8-9-25/h2-7,14-15H,8-13,25H2,1H3,(H,27,28,29). The van der Waals surface area contributed by atoms with Crippen LogP contribution < -0.4 is 16.0 Å². The SMILES string of the molecule is Cc1nc(Nc2cc(C#N)ccc2-c2ccc(CCN)cc2)cc(N2CCOCC2)n1. The van der Waals surface area contributed by atoms with E-state index in [9.17, 15) is 5.26 Å². The Labute approximate surface area is 182 Å². The quantitative estimate of drug-likeness (QED) is 0.637. The maximum atomic E-state index is 9.41. The van der Waals surface area contributed by atoms with E-state index in [2.05, 4.69) is 50.5 Å². The summed E-state index contributed by atoms with van der Waals surface area (Å²) >= 11 is 0. The van der Waals surface area contributed by atoms with E-state index in [0.29, 0.717) is 37.0 Å². The van der Waals surface area contributed by atoms with Gasteiger partial charge in [-0.1, -0.05) is 30.3 Å². The highest BCUT2D eigenvalue weighted by Gasteiger charge is 2.15. The summed E-state index contributed by atoms with van der Waals surface area (Å²) in [6, 6.07) is 18.2. The highest BCUT2D eigenvalue weighted by atomic mass is 16.5. The molecule has 2 heterocycles. The van der Waals surface area contributed by atoms with Gasteiger partial charge in [-0.2, -0.15) is 5.26 Å². The molecule has 3 N–H and O–H groups in total. The minimum Gasteiger partial charge on any atom is -0.378 e. The smallest absolute Gasteiger partial charge is 0.136 e. The third kappa shape index (κ3) is 5.00. The van der Waals surface area contributed by atoms with Crippen LogP contribution in [0.15, 0.2) is 48.5 Å². The molecule has 0 atom stereocenters. The van der Waals surface area contributed by atoms with Gasteiger partial charge in [-0.25, -0.2) is 9.97 Å². The van der Waals surface area contributed by atoms with Crippen molar-refractivity contribution in [3.63, 3.8) is 0 Å². The Morgan fingerprint density at radius 2 is 1.87 bits per heavy atom. The predicted octanol–water partition coefficient (Wildman–Crippen LogP) is 3.41. The van der Waals surface area contributed by atoms with Gasteiger partial charge in [0.15, 0.2) is 0 Å². The zero-order valence-corrected chi connectivity index (χ0v) is 17.6. The Hall–Kier alpha value is -3.47. The molecule has 7 nitrogen and oxygen atoms in total. The summed E-state index contributed by atoms with van der Waals surface area (Å²) in [5.41, 5.74) is 10.4. The van der Waals surface area contributed by atoms with Gasteiger partial charge in [-0.05, 0) is 43.1 Å². The molecule has 2 aromatic carbocycles. The van der Waals surface area contributed by atoms with Crippen LogP contribution in [0.1, 0.15) is 17.0 Å². The zero-order chi connectivity index (χ0) is 21.6. The Balaban J connectivity index is 1.67. The number of hydrogen-bond donors (Lipinski definition) is 2. The summed E-state index contributed by atoms with van der Waals surface area (Å²) in [6.07, 6.45) is 0.850. The van der Waals surface area contributed by atoms with Crippen molar-refractivity contribution in [1.29, 1.82) is 5.26 Å². The van der Waals surface area contributed by atoms with E-state index in [-0.39, 0.29) is 0 Å². The largest absolute Gasteiger partial charge is 0.378 e. The molecule has 1 aliphatic rings. The number of nitriles is 1. The lowest BCUT2D eigenvalue weighted by Gasteiger charge is -2.28. The van der Waals surface area contributed by atoms with Crippen molar-refractivity contribution in [2.75, 3.05) is 43.1 Å². The lowest BCUT2D eigenvalue weighted by atomic mass is 9.99. The third-order valence-electron chi connectivity index (χ3n) is 5.27. The second kappa shape index (κ2) is 9.56. The summed E-state index contributed by atoms with van der Waals surface area (Å²) in [6.45, 7) is 5.51. The maximum absolute atomic E-state index is 9.41. The molecule has 0 saturated carbocycles. The molecular formula is C24H26N6O. The molecule has 0 aliphatic carbocycles.